The molecule has 5 heteroatoms. The van der Waals surface area contributed by atoms with Crippen LogP contribution in [0, 0.1) is 5.92 Å². The van der Waals surface area contributed by atoms with E-state index in [1.807, 2.05) is 18.3 Å². The summed E-state index contributed by atoms with van der Waals surface area (Å²) in [4.78, 5) is 25.8. The second kappa shape index (κ2) is 7.94. The minimum atomic E-state index is 0.0535. The molecule has 0 aliphatic heterocycles. The Labute approximate surface area is 154 Å². The summed E-state index contributed by atoms with van der Waals surface area (Å²) in [5.41, 5.74) is 3.07. The minimum absolute atomic E-state index is 0.0535. The first kappa shape index (κ1) is 17.1. The van der Waals surface area contributed by atoms with Crippen molar-refractivity contribution in [3.05, 3.63) is 42.0 Å². The maximum Gasteiger partial charge on any atom is 0.220 e. The average molecular weight is 350 g/mol. The molecule has 0 bridgehead atoms. The third-order valence-corrected chi connectivity index (χ3v) is 5.69. The fourth-order valence-electron chi connectivity index (χ4n) is 4.23. The molecule has 1 saturated carbocycles. The van der Waals surface area contributed by atoms with E-state index < -0.39 is 0 Å². The summed E-state index contributed by atoms with van der Waals surface area (Å²) in [5, 5.41) is 3.23. The lowest BCUT2D eigenvalue weighted by Crippen LogP contribution is -2.31. The van der Waals surface area contributed by atoms with Gasteiger partial charge in [-0.1, -0.05) is 25.7 Å². The van der Waals surface area contributed by atoms with Gasteiger partial charge in [0.1, 0.15) is 0 Å². The van der Waals surface area contributed by atoms with Gasteiger partial charge in [-0.15, -0.1) is 0 Å². The number of carbonyl (C=O) groups excluding carboxylic acids is 1. The summed E-state index contributed by atoms with van der Waals surface area (Å²) >= 11 is 0. The average Bonchev–Trinajstić information content (AvgIpc) is 3.21. The van der Waals surface area contributed by atoms with Crippen LogP contribution in [-0.4, -0.2) is 20.9 Å². The van der Waals surface area contributed by atoms with Gasteiger partial charge in [0.25, 0.3) is 0 Å². The lowest BCUT2D eigenvalue weighted by atomic mass is 9.92. The van der Waals surface area contributed by atoms with Crippen molar-refractivity contribution in [3.8, 4) is 11.4 Å². The van der Waals surface area contributed by atoms with E-state index in [0.717, 1.165) is 48.4 Å². The zero-order chi connectivity index (χ0) is 17.8. The molecule has 0 spiro atoms. The monoisotopic (exact) mass is 350 g/mol. The van der Waals surface area contributed by atoms with Gasteiger partial charge >= 0.3 is 0 Å². The molecule has 4 rings (SSSR count). The van der Waals surface area contributed by atoms with Crippen LogP contribution >= 0.6 is 0 Å². The predicted molar refractivity (Wildman–Crippen MR) is 100 cm³/mol. The second-order valence-electron chi connectivity index (χ2n) is 7.54. The van der Waals surface area contributed by atoms with Crippen LogP contribution in [0.3, 0.4) is 0 Å². The van der Waals surface area contributed by atoms with Crippen LogP contribution in [0.15, 0.2) is 30.7 Å². The largest absolute Gasteiger partial charge is 0.349 e. The first-order chi connectivity index (χ1) is 12.8. The van der Waals surface area contributed by atoms with Gasteiger partial charge in [-0.3, -0.25) is 9.78 Å². The van der Waals surface area contributed by atoms with Gasteiger partial charge in [0.15, 0.2) is 5.82 Å². The van der Waals surface area contributed by atoms with Gasteiger partial charge in [-0.2, -0.15) is 0 Å². The Morgan fingerprint density at radius 2 is 2.04 bits per heavy atom. The Balaban J connectivity index is 1.42. The number of nitrogens with one attached hydrogen (secondary N) is 1. The van der Waals surface area contributed by atoms with E-state index in [1.165, 1.54) is 25.7 Å². The Hall–Kier alpha value is -2.30. The van der Waals surface area contributed by atoms with Crippen LogP contribution in [0.25, 0.3) is 11.4 Å². The van der Waals surface area contributed by atoms with Crippen LogP contribution in [-0.2, 0) is 11.2 Å². The first-order valence-electron chi connectivity index (χ1n) is 9.85. The molecular weight excluding hydrogens is 324 g/mol. The van der Waals surface area contributed by atoms with Crippen LogP contribution in [0.5, 0.6) is 0 Å². The fraction of sp³-hybridized carbons (Fsp3) is 0.524. The van der Waals surface area contributed by atoms with Crippen molar-refractivity contribution >= 4 is 5.91 Å². The third-order valence-electron chi connectivity index (χ3n) is 5.69. The maximum absolute atomic E-state index is 12.4. The fourth-order valence-corrected chi connectivity index (χ4v) is 4.23. The quantitative estimate of drug-likeness (QED) is 0.885. The first-order valence-corrected chi connectivity index (χ1v) is 9.85. The Kier molecular flexibility index (Phi) is 5.23. The van der Waals surface area contributed by atoms with Crippen molar-refractivity contribution in [2.45, 2.75) is 63.8 Å². The number of carbonyl (C=O) groups is 1. The van der Waals surface area contributed by atoms with E-state index in [9.17, 15) is 4.79 Å². The van der Waals surface area contributed by atoms with Crippen molar-refractivity contribution in [1.29, 1.82) is 0 Å². The maximum atomic E-state index is 12.4. The molecule has 1 amide bonds. The van der Waals surface area contributed by atoms with Gasteiger partial charge in [0.05, 0.1) is 6.04 Å². The van der Waals surface area contributed by atoms with Gasteiger partial charge < -0.3 is 5.32 Å². The molecule has 1 N–H and O–H groups in total. The second-order valence-corrected chi connectivity index (χ2v) is 7.54. The van der Waals surface area contributed by atoms with E-state index in [1.54, 1.807) is 12.4 Å². The van der Waals surface area contributed by atoms with Gasteiger partial charge in [-0.05, 0) is 43.7 Å². The number of pyridine rings is 1. The molecule has 5 nitrogen and oxygen atoms in total. The van der Waals surface area contributed by atoms with Crippen molar-refractivity contribution in [3.63, 3.8) is 0 Å². The van der Waals surface area contributed by atoms with E-state index in [2.05, 4.69) is 15.3 Å². The normalized spacial score (nSPS) is 19.9. The number of aryl methyl sites for hydroxylation is 1. The number of hydrogen-bond acceptors (Lipinski definition) is 4. The molecule has 0 saturated heterocycles. The lowest BCUT2D eigenvalue weighted by molar-refractivity contribution is -0.122. The predicted octanol–water partition coefficient (Wildman–Crippen LogP) is 4.00. The molecule has 1 atom stereocenters. The van der Waals surface area contributed by atoms with Gasteiger partial charge in [0.2, 0.25) is 5.91 Å². The molecule has 0 unspecified atom stereocenters. The zero-order valence-corrected chi connectivity index (χ0v) is 15.2. The molecule has 2 heterocycles. The Bertz CT molecular complexity index is 756. The molecule has 26 heavy (non-hydrogen) atoms. The van der Waals surface area contributed by atoms with Gasteiger partial charge in [-0.25, -0.2) is 9.97 Å². The van der Waals surface area contributed by atoms with Crippen LogP contribution < -0.4 is 5.32 Å². The molecular formula is C21H26N4O. The summed E-state index contributed by atoms with van der Waals surface area (Å²) < 4.78 is 0. The SMILES string of the molecule is O=C(CCC1CCCC1)N[C@@H]1CCCc2nc(-c3cccnc3)ncc21. The molecule has 2 aromatic heterocycles. The van der Waals surface area contributed by atoms with Crippen LogP contribution in [0.4, 0.5) is 0 Å². The number of rotatable bonds is 5. The van der Waals surface area contributed by atoms with Crippen molar-refractivity contribution in [2.24, 2.45) is 5.92 Å². The highest BCUT2D eigenvalue weighted by atomic mass is 16.1. The highest BCUT2D eigenvalue weighted by Gasteiger charge is 2.24. The number of hydrogen-bond donors (Lipinski definition) is 1. The topological polar surface area (TPSA) is 67.8 Å². The lowest BCUT2D eigenvalue weighted by Gasteiger charge is -2.26. The van der Waals surface area contributed by atoms with E-state index in [-0.39, 0.29) is 11.9 Å². The number of aromatic nitrogens is 3. The number of nitrogens with zero attached hydrogens (tertiary/aromatic N) is 3. The van der Waals surface area contributed by atoms with E-state index in [0.29, 0.717) is 12.2 Å². The minimum Gasteiger partial charge on any atom is -0.349 e. The van der Waals surface area contributed by atoms with Crippen LogP contribution in [0.1, 0.15) is 68.7 Å². The highest BCUT2D eigenvalue weighted by Crippen LogP contribution is 2.31. The number of fused-ring (bicyclic) bond motifs is 1. The van der Waals surface area contributed by atoms with Crippen molar-refractivity contribution in [1.82, 2.24) is 20.3 Å². The summed E-state index contributed by atoms with van der Waals surface area (Å²) in [7, 11) is 0. The molecule has 136 valence electrons. The smallest absolute Gasteiger partial charge is 0.220 e. The summed E-state index contributed by atoms with van der Waals surface area (Å²) in [5.74, 6) is 1.64. The van der Waals surface area contributed by atoms with Gasteiger partial charge in [0, 0.05) is 41.8 Å². The van der Waals surface area contributed by atoms with Crippen molar-refractivity contribution < 1.29 is 4.79 Å². The Morgan fingerprint density at radius 3 is 2.85 bits per heavy atom. The van der Waals surface area contributed by atoms with E-state index in [4.69, 9.17) is 4.98 Å². The number of amides is 1. The molecule has 2 aliphatic rings. The van der Waals surface area contributed by atoms with Crippen molar-refractivity contribution in [2.75, 3.05) is 0 Å². The third kappa shape index (κ3) is 3.92. The molecule has 0 radical (unpaired) electrons. The summed E-state index contributed by atoms with van der Waals surface area (Å²) in [6.45, 7) is 0. The standard InChI is InChI=1S/C21H26N4O/c26-20(11-10-15-5-1-2-6-15)24-18-8-3-9-19-17(18)14-23-21(25-19)16-7-4-12-22-13-16/h4,7,12-15,18H,1-3,5-6,8-11H2,(H,24,26)/t18-/m1/s1. The molecule has 2 aromatic rings. The molecule has 1 fully saturated rings. The van der Waals surface area contributed by atoms with Crippen LogP contribution in [0.2, 0.25) is 0 Å². The summed E-state index contributed by atoms with van der Waals surface area (Å²) in [6, 6.07) is 3.92. The highest BCUT2D eigenvalue weighted by molar-refractivity contribution is 5.76. The molecule has 0 aromatic carbocycles. The summed E-state index contributed by atoms with van der Waals surface area (Å²) in [6.07, 6.45) is 15.3. The Morgan fingerprint density at radius 1 is 1.15 bits per heavy atom. The zero-order valence-electron chi connectivity index (χ0n) is 15.2. The van der Waals surface area contributed by atoms with E-state index >= 15 is 0 Å². The molecule has 2 aliphatic carbocycles.